The number of amides is 1. The molecule has 6 heteroatoms. The normalized spacial score (nSPS) is 15.7. The molecule has 0 unspecified atom stereocenters. The van der Waals surface area contributed by atoms with Crippen LogP contribution in [0.3, 0.4) is 0 Å². The van der Waals surface area contributed by atoms with Gasteiger partial charge in [0.1, 0.15) is 23.0 Å². The highest BCUT2D eigenvalue weighted by Crippen LogP contribution is 2.29. The molecule has 1 aliphatic rings. The number of furan rings is 1. The van der Waals surface area contributed by atoms with Crippen LogP contribution in [0.5, 0.6) is 5.75 Å². The summed E-state index contributed by atoms with van der Waals surface area (Å²) in [5.41, 5.74) is 7.65. The van der Waals surface area contributed by atoms with E-state index in [9.17, 15) is 4.79 Å². The number of guanidine groups is 1. The SMILES string of the molecule is CCOc1cc(-c2ccc(/C=C3/N=C(N)NC3=O)o2)ccc1C. The third-order valence-corrected chi connectivity index (χ3v) is 3.39. The van der Waals surface area contributed by atoms with Crippen LogP contribution in [-0.2, 0) is 4.79 Å². The summed E-state index contributed by atoms with van der Waals surface area (Å²) in [5.74, 6) is 1.80. The highest BCUT2D eigenvalue weighted by molar-refractivity contribution is 6.13. The van der Waals surface area contributed by atoms with Crippen molar-refractivity contribution in [1.29, 1.82) is 0 Å². The number of nitrogens with one attached hydrogen (secondary N) is 1. The molecule has 3 rings (SSSR count). The zero-order valence-corrected chi connectivity index (χ0v) is 12.9. The fourth-order valence-electron chi connectivity index (χ4n) is 2.27. The molecule has 0 saturated carbocycles. The number of rotatable bonds is 4. The average molecular weight is 311 g/mol. The lowest BCUT2D eigenvalue weighted by atomic mass is 10.1. The lowest BCUT2D eigenvalue weighted by Crippen LogP contribution is -2.30. The molecule has 6 nitrogen and oxygen atoms in total. The second kappa shape index (κ2) is 6.00. The van der Waals surface area contributed by atoms with Crippen molar-refractivity contribution in [3.05, 3.63) is 47.4 Å². The minimum atomic E-state index is -0.339. The Hall–Kier alpha value is -3.02. The van der Waals surface area contributed by atoms with Gasteiger partial charge in [-0.25, -0.2) is 4.99 Å². The first kappa shape index (κ1) is 14.9. The largest absolute Gasteiger partial charge is 0.494 e. The predicted octanol–water partition coefficient (Wildman–Crippen LogP) is 2.44. The van der Waals surface area contributed by atoms with Gasteiger partial charge < -0.3 is 14.9 Å². The van der Waals surface area contributed by atoms with Crippen molar-refractivity contribution >= 4 is 17.9 Å². The molecule has 0 atom stereocenters. The molecule has 2 heterocycles. The zero-order chi connectivity index (χ0) is 16.4. The van der Waals surface area contributed by atoms with Crippen LogP contribution in [-0.4, -0.2) is 18.5 Å². The van der Waals surface area contributed by atoms with E-state index in [-0.39, 0.29) is 17.6 Å². The highest BCUT2D eigenvalue weighted by Gasteiger charge is 2.18. The Bertz CT molecular complexity index is 818. The maximum absolute atomic E-state index is 11.6. The van der Waals surface area contributed by atoms with E-state index in [1.807, 2.05) is 38.1 Å². The molecule has 118 valence electrons. The third-order valence-electron chi connectivity index (χ3n) is 3.39. The minimum Gasteiger partial charge on any atom is -0.494 e. The average Bonchev–Trinajstić information content (AvgIpc) is 3.09. The summed E-state index contributed by atoms with van der Waals surface area (Å²) in [6.07, 6.45) is 1.55. The van der Waals surface area contributed by atoms with E-state index >= 15 is 0 Å². The van der Waals surface area contributed by atoms with E-state index in [2.05, 4.69) is 10.3 Å². The van der Waals surface area contributed by atoms with Gasteiger partial charge in [0.15, 0.2) is 0 Å². The first-order chi connectivity index (χ1) is 11.1. The molecule has 1 aliphatic heterocycles. The van der Waals surface area contributed by atoms with Crippen LogP contribution in [0, 0.1) is 6.92 Å². The summed E-state index contributed by atoms with van der Waals surface area (Å²) >= 11 is 0. The van der Waals surface area contributed by atoms with Gasteiger partial charge in [-0.2, -0.15) is 0 Å². The lowest BCUT2D eigenvalue weighted by molar-refractivity contribution is -0.115. The molecule has 0 radical (unpaired) electrons. The monoisotopic (exact) mass is 311 g/mol. The van der Waals surface area contributed by atoms with Crippen molar-refractivity contribution < 1.29 is 13.9 Å². The van der Waals surface area contributed by atoms with Crippen molar-refractivity contribution in [3.8, 4) is 17.1 Å². The van der Waals surface area contributed by atoms with Gasteiger partial charge in [0.05, 0.1) is 6.61 Å². The topological polar surface area (TPSA) is 89.9 Å². The van der Waals surface area contributed by atoms with Gasteiger partial charge >= 0.3 is 0 Å². The van der Waals surface area contributed by atoms with E-state index in [1.54, 1.807) is 12.1 Å². The predicted molar refractivity (Wildman–Crippen MR) is 87.8 cm³/mol. The molecule has 0 fully saturated rings. The van der Waals surface area contributed by atoms with E-state index in [1.165, 1.54) is 0 Å². The molecule has 0 aliphatic carbocycles. The second-order valence-corrected chi connectivity index (χ2v) is 5.10. The molecule has 2 aromatic rings. The van der Waals surface area contributed by atoms with Gasteiger partial charge in [-0.15, -0.1) is 0 Å². The molecule has 3 N–H and O–H groups in total. The fraction of sp³-hybridized carbons (Fsp3) is 0.176. The van der Waals surface area contributed by atoms with Crippen molar-refractivity contribution in [1.82, 2.24) is 5.32 Å². The molecule has 0 saturated heterocycles. The number of hydrogen-bond donors (Lipinski definition) is 2. The summed E-state index contributed by atoms with van der Waals surface area (Å²) in [7, 11) is 0. The van der Waals surface area contributed by atoms with E-state index in [0.29, 0.717) is 18.1 Å². The second-order valence-electron chi connectivity index (χ2n) is 5.10. The van der Waals surface area contributed by atoms with Crippen LogP contribution in [0.4, 0.5) is 0 Å². The molecule has 1 aromatic carbocycles. The number of ether oxygens (including phenoxy) is 1. The summed E-state index contributed by atoms with van der Waals surface area (Å²) in [4.78, 5) is 15.5. The molecule has 0 spiro atoms. The van der Waals surface area contributed by atoms with Gasteiger partial charge in [0, 0.05) is 11.6 Å². The highest BCUT2D eigenvalue weighted by atomic mass is 16.5. The van der Waals surface area contributed by atoms with Crippen molar-refractivity contribution in [2.45, 2.75) is 13.8 Å². The van der Waals surface area contributed by atoms with Crippen LogP contribution >= 0.6 is 0 Å². The van der Waals surface area contributed by atoms with Crippen LogP contribution < -0.4 is 15.8 Å². The van der Waals surface area contributed by atoms with Gasteiger partial charge in [-0.05, 0) is 37.6 Å². The number of nitrogens with two attached hydrogens (primary N) is 1. The zero-order valence-electron chi connectivity index (χ0n) is 12.9. The number of nitrogens with zero attached hydrogens (tertiary/aromatic N) is 1. The maximum Gasteiger partial charge on any atom is 0.276 e. The summed E-state index contributed by atoms with van der Waals surface area (Å²) in [6.45, 7) is 4.55. The van der Waals surface area contributed by atoms with E-state index < -0.39 is 0 Å². The summed E-state index contributed by atoms with van der Waals surface area (Å²) in [5, 5.41) is 2.42. The molecular formula is C17H17N3O3. The smallest absolute Gasteiger partial charge is 0.276 e. The third kappa shape index (κ3) is 3.11. The number of aryl methyl sites for hydroxylation is 1. The van der Waals surface area contributed by atoms with E-state index in [4.69, 9.17) is 14.9 Å². The maximum atomic E-state index is 11.6. The number of carbonyl (C=O) groups is 1. The number of aliphatic imine (C=N–C) groups is 1. The quantitative estimate of drug-likeness (QED) is 0.849. The standard InChI is InChI=1S/C17H17N3O3/c1-3-22-15-8-11(5-4-10(15)2)14-7-6-12(23-14)9-13-16(21)20-17(18)19-13/h4-9H,3H2,1-2H3,(H3,18,19,20,21)/b13-9+. The Morgan fingerprint density at radius 2 is 2.17 bits per heavy atom. The van der Waals surface area contributed by atoms with Crippen molar-refractivity contribution in [2.75, 3.05) is 6.61 Å². The first-order valence-corrected chi connectivity index (χ1v) is 7.27. The number of benzene rings is 1. The Morgan fingerprint density at radius 1 is 1.35 bits per heavy atom. The Balaban J connectivity index is 1.89. The first-order valence-electron chi connectivity index (χ1n) is 7.27. The fourth-order valence-corrected chi connectivity index (χ4v) is 2.27. The van der Waals surface area contributed by atoms with Crippen molar-refractivity contribution in [2.24, 2.45) is 10.7 Å². The molecular weight excluding hydrogens is 294 g/mol. The lowest BCUT2D eigenvalue weighted by Gasteiger charge is -2.08. The van der Waals surface area contributed by atoms with Crippen LogP contribution in [0.25, 0.3) is 17.4 Å². The summed E-state index contributed by atoms with van der Waals surface area (Å²) < 4.78 is 11.4. The van der Waals surface area contributed by atoms with Crippen LogP contribution in [0.15, 0.2) is 45.4 Å². The van der Waals surface area contributed by atoms with E-state index in [0.717, 1.165) is 16.9 Å². The van der Waals surface area contributed by atoms with Crippen LogP contribution in [0.2, 0.25) is 0 Å². The van der Waals surface area contributed by atoms with Gasteiger partial charge in [0.2, 0.25) is 5.96 Å². The molecule has 1 amide bonds. The molecule has 23 heavy (non-hydrogen) atoms. The minimum absolute atomic E-state index is 0.0907. The Kier molecular flexibility index (Phi) is 3.89. The number of carbonyl (C=O) groups excluding carboxylic acids is 1. The Labute approximate surface area is 133 Å². The number of hydrogen-bond acceptors (Lipinski definition) is 5. The van der Waals surface area contributed by atoms with Gasteiger partial charge in [-0.1, -0.05) is 12.1 Å². The van der Waals surface area contributed by atoms with Crippen molar-refractivity contribution in [3.63, 3.8) is 0 Å². The molecule has 1 aromatic heterocycles. The Morgan fingerprint density at radius 3 is 2.87 bits per heavy atom. The molecule has 0 bridgehead atoms. The summed E-state index contributed by atoms with van der Waals surface area (Å²) in [6, 6.07) is 9.50. The van der Waals surface area contributed by atoms with Gasteiger partial charge in [0.25, 0.3) is 5.91 Å². The van der Waals surface area contributed by atoms with Gasteiger partial charge in [-0.3, -0.25) is 10.1 Å². The van der Waals surface area contributed by atoms with Crippen LogP contribution in [0.1, 0.15) is 18.2 Å².